The largest absolute Gasteiger partial charge is 0.394 e. The molecule has 102 valence electrons. The van der Waals surface area contributed by atoms with Gasteiger partial charge in [-0.05, 0) is 19.3 Å². The fraction of sp³-hybridized carbons (Fsp3) is 0.750. The van der Waals surface area contributed by atoms with Crippen molar-refractivity contribution in [3.63, 3.8) is 0 Å². The second-order valence-electron chi connectivity index (χ2n) is 4.81. The number of aliphatic hydroxyl groups is 1. The van der Waals surface area contributed by atoms with Crippen molar-refractivity contribution in [2.75, 3.05) is 6.61 Å². The van der Waals surface area contributed by atoms with Crippen LogP contribution in [0.25, 0.3) is 0 Å². The van der Waals surface area contributed by atoms with Crippen molar-refractivity contribution in [1.29, 1.82) is 0 Å². The Hall–Kier alpha value is -1.43. The molecule has 0 bridgehead atoms. The monoisotopic (exact) mass is 255 g/mol. The molecular weight excluding hydrogens is 234 g/mol. The molecular formula is C12H21N3O3. The molecule has 0 spiro atoms. The average molecular weight is 255 g/mol. The fourth-order valence-corrected chi connectivity index (χ4v) is 1.71. The number of amides is 1. The van der Waals surface area contributed by atoms with Gasteiger partial charge in [0.1, 0.15) is 0 Å². The van der Waals surface area contributed by atoms with E-state index in [9.17, 15) is 4.79 Å². The zero-order valence-corrected chi connectivity index (χ0v) is 11.1. The highest BCUT2D eigenvalue weighted by molar-refractivity contribution is 5.76. The van der Waals surface area contributed by atoms with Gasteiger partial charge in [-0.15, -0.1) is 0 Å². The average Bonchev–Trinajstić information content (AvgIpc) is 2.71. The zero-order valence-electron chi connectivity index (χ0n) is 11.1. The minimum Gasteiger partial charge on any atom is -0.394 e. The summed E-state index contributed by atoms with van der Waals surface area (Å²) >= 11 is 0. The number of hydrogen-bond acceptors (Lipinski definition) is 5. The Morgan fingerprint density at radius 1 is 1.50 bits per heavy atom. The molecule has 1 aromatic heterocycles. The van der Waals surface area contributed by atoms with E-state index in [-0.39, 0.29) is 25.0 Å². The molecule has 0 fully saturated rings. The van der Waals surface area contributed by atoms with E-state index in [1.165, 1.54) is 0 Å². The van der Waals surface area contributed by atoms with Crippen LogP contribution < -0.4 is 5.32 Å². The third kappa shape index (κ3) is 5.27. The molecule has 18 heavy (non-hydrogen) atoms. The number of aryl methyl sites for hydroxylation is 2. The standard InChI is InChI=1S/C12H21N3O3/c1-8(2)6-10(7-16)14-11(17)4-5-12-13-9(3)15-18-12/h8,10,16H,4-7H2,1-3H3,(H,14,17). The van der Waals surface area contributed by atoms with Crippen molar-refractivity contribution in [2.24, 2.45) is 5.92 Å². The molecule has 6 heteroatoms. The van der Waals surface area contributed by atoms with E-state index < -0.39 is 0 Å². The van der Waals surface area contributed by atoms with E-state index in [0.29, 0.717) is 24.1 Å². The van der Waals surface area contributed by atoms with Gasteiger partial charge >= 0.3 is 0 Å². The fourth-order valence-electron chi connectivity index (χ4n) is 1.71. The number of hydrogen-bond donors (Lipinski definition) is 2. The summed E-state index contributed by atoms with van der Waals surface area (Å²) in [4.78, 5) is 15.7. The number of carbonyl (C=O) groups is 1. The van der Waals surface area contributed by atoms with Gasteiger partial charge in [0, 0.05) is 12.8 Å². The molecule has 1 rings (SSSR count). The lowest BCUT2D eigenvalue weighted by molar-refractivity contribution is -0.122. The van der Waals surface area contributed by atoms with Crippen molar-refractivity contribution in [3.8, 4) is 0 Å². The van der Waals surface area contributed by atoms with Gasteiger partial charge in [-0.1, -0.05) is 19.0 Å². The number of nitrogens with one attached hydrogen (secondary N) is 1. The van der Waals surface area contributed by atoms with Crippen molar-refractivity contribution < 1.29 is 14.4 Å². The second kappa shape index (κ2) is 7.10. The van der Waals surface area contributed by atoms with Gasteiger partial charge in [-0.25, -0.2) is 0 Å². The second-order valence-corrected chi connectivity index (χ2v) is 4.81. The summed E-state index contributed by atoms with van der Waals surface area (Å²) in [6.07, 6.45) is 1.48. The highest BCUT2D eigenvalue weighted by Crippen LogP contribution is 2.05. The lowest BCUT2D eigenvalue weighted by Gasteiger charge is -2.17. The van der Waals surface area contributed by atoms with Crippen molar-refractivity contribution >= 4 is 5.91 Å². The first kappa shape index (κ1) is 14.6. The maximum atomic E-state index is 11.7. The highest BCUT2D eigenvalue weighted by atomic mass is 16.5. The van der Waals surface area contributed by atoms with Gasteiger partial charge in [0.15, 0.2) is 5.82 Å². The number of rotatable bonds is 7. The molecule has 1 amide bonds. The summed E-state index contributed by atoms with van der Waals surface area (Å²) in [5, 5.41) is 15.6. The van der Waals surface area contributed by atoms with Gasteiger partial charge in [-0.2, -0.15) is 4.98 Å². The molecule has 0 radical (unpaired) electrons. The van der Waals surface area contributed by atoms with Gasteiger partial charge in [0.05, 0.1) is 12.6 Å². The maximum absolute atomic E-state index is 11.7. The summed E-state index contributed by atoms with van der Waals surface area (Å²) in [6.45, 7) is 5.80. The van der Waals surface area contributed by atoms with Crippen LogP contribution in [0.2, 0.25) is 0 Å². The topological polar surface area (TPSA) is 88.2 Å². The molecule has 0 aliphatic carbocycles. The van der Waals surface area contributed by atoms with Crippen LogP contribution in [0.15, 0.2) is 4.52 Å². The number of carbonyl (C=O) groups excluding carboxylic acids is 1. The van der Waals surface area contributed by atoms with Crippen molar-refractivity contribution in [1.82, 2.24) is 15.5 Å². The smallest absolute Gasteiger partial charge is 0.227 e. The first-order valence-electron chi connectivity index (χ1n) is 6.20. The van der Waals surface area contributed by atoms with E-state index in [0.717, 1.165) is 6.42 Å². The Morgan fingerprint density at radius 3 is 2.72 bits per heavy atom. The minimum absolute atomic E-state index is 0.0381. The summed E-state index contributed by atoms with van der Waals surface area (Å²) < 4.78 is 4.92. The Kier molecular flexibility index (Phi) is 5.77. The summed E-state index contributed by atoms with van der Waals surface area (Å²) in [7, 11) is 0. The van der Waals surface area contributed by atoms with Crippen LogP contribution in [0.1, 0.15) is 38.4 Å². The quantitative estimate of drug-likeness (QED) is 0.753. The minimum atomic E-state index is -0.179. The Balaban J connectivity index is 2.32. The van der Waals surface area contributed by atoms with E-state index >= 15 is 0 Å². The van der Waals surface area contributed by atoms with Crippen LogP contribution in [0.5, 0.6) is 0 Å². The predicted molar refractivity (Wildman–Crippen MR) is 65.8 cm³/mol. The molecule has 0 aliphatic rings. The third-order valence-electron chi connectivity index (χ3n) is 2.48. The SMILES string of the molecule is Cc1noc(CCC(=O)NC(CO)CC(C)C)n1. The number of aliphatic hydroxyl groups excluding tert-OH is 1. The summed E-state index contributed by atoms with van der Waals surface area (Å²) in [6, 6.07) is -0.179. The van der Waals surface area contributed by atoms with Gasteiger partial charge in [0.25, 0.3) is 0 Å². The maximum Gasteiger partial charge on any atom is 0.227 e. The highest BCUT2D eigenvalue weighted by Gasteiger charge is 2.14. The molecule has 0 aromatic carbocycles. The normalized spacial score (nSPS) is 12.7. The summed E-state index contributed by atoms with van der Waals surface area (Å²) in [5.74, 6) is 1.36. The van der Waals surface area contributed by atoms with Crippen LogP contribution in [0, 0.1) is 12.8 Å². The Morgan fingerprint density at radius 2 is 2.22 bits per heavy atom. The lowest BCUT2D eigenvalue weighted by atomic mass is 10.0. The predicted octanol–water partition coefficient (Wildman–Crippen LogP) is 0.834. The van der Waals surface area contributed by atoms with E-state index in [1.54, 1.807) is 6.92 Å². The summed E-state index contributed by atoms with van der Waals surface area (Å²) in [5.41, 5.74) is 0. The molecule has 1 aromatic rings. The molecule has 2 N–H and O–H groups in total. The van der Waals surface area contributed by atoms with Gasteiger partial charge in [0.2, 0.25) is 11.8 Å². The third-order valence-corrected chi connectivity index (χ3v) is 2.48. The molecule has 0 saturated heterocycles. The van der Waals surface area contributed by atoms with Crippen LogP contribution in [-0.2, 0) is 11.2 Å². The Bertz CT molecular complexity index is 376. The van der Waals surface area contributed by atoms with Crippen LogP contribution in [-0.4, -0.2) is 33.8 Å². The first-order valence-corrected chi connectivity index (χ1v) is 6.20. The molecule has 0 saturated carbocycles. The molecule has 1 heterocycles. The lowest BCUT2D eigenvalue weighted by Crippen LogP contribution is -2.38. The zero-order chi connectivity index (χ0) is 13.5. The van der Waals surface area contributed by atoms with E-state index in [1.807, 2.05) is 0 Å². The Labute approximate surface area is 107 Å². The van der Waals surface area contributed by atoms with E-state index in [2.05, 4.69) is 29.3 Å². The molecule has 1 atom stereocenters. The van der Waals surface area contributed by atoms with Crippen molar-refractivity contribution in [2.45, 2.75) is 46.1 Å². The number of aromatic nitrogens is 2. The molecule has 0 aliphatic heterocycles. The van der Waals surface area contributed by atoms with Crippen molar-refractivity contribution in [3.05, 3.63) is 11.7 Å². The van der Waals surface area contributed by atoms with Crippen LogP contribution >= 0.6 is 0 Å². The van der Waals surface area contributed by atoms with Crippen LogP contribution in [0.4, 0.5) is 0 Å². The molecule has 6 nitrogen and oxygen atoms in total. The van der Waals surface area contributed by atoms with Gasteiger partial charge < -0.3 is 14.9 Å². The van der Waals surface area contributed by atoms with Crippen LogP contribution in [0.3, 0.4) is 0 Å². The first-order chi connectivity index (χ1) is 8.51. The number of nitrogens with zero attached hydrogens (tertiary/aromatic N) is 2. The molecule has 1 unspecified atom stereocenters. The van der Waals surface area contributed by atoms with Gasteiger partial charge in [-0.3, -0.25) is 4.79 Å². The van der Waals surface area contributed by atoms with E-state index in [4.69, 9.17) is 9.63 Å².